The molecule has 0 aliphatic rings. The lowest BCUT2D eigenvalue weighted by atomic mass is 10.2. The van der Waals surface area contributed by atoms with Crippen LogP contribution in [0.3, 0.4) is 0 Å². The van der Waals surface area contributed by atoms with Crippen LogP contribution in [0.25, 0.3) is 10.9 Å². The molecule has 0 aliphatic heterocycles. The molecule has 1 aromatic carbocycles. The minimum atomic E-state index is -0.503. The summed E-state index contributed by atoms with van der Waals surface area (Å²) in [6.07, 6.45) is 1.03. The van der Waals surface area contributed by atoms with Crippen molar-refractivity contribution >= 4 is 40.1 Å². The van der Waals surface area contributed by atoms with E-state index >= 15 is 0 Å². The Hall–Kier alpha value is -1.59. The Labute approximate surface area is 125 Å². The summed E-state index contributed by atoms with van der Waals surface area (Å²) < 4.78 is 6.16. The molecule has 0 spiro atoms. The van der Waals surface area contributed by atoms with Crippen LogP contribution in [0.5, 0.6) is 0 Å². The molecule has 0 saturated carbocycles. The maximum Gasteiger partial charge on any atom is 0.326 e. The third-order valence-electron chi connectivity index (χ3n) is 2.51. The summed E-state index contributed by atoms with van der Waals surface area (Å²) in [4.78, 5) is 27.9. The Morgan fingerprint density at radius 1 is 1.40 bits per heavy atom. The molecule has 7 heteroatoms. The van der Waals surface area contributed by atoms with E-state index in [4.69, 9.17) is 27.9 Å². The highest BCUT2D eigenvalue weighted by Gasteiger charge is 2.12. The summed E-state index contributed by atoms with van der Waals surface area (Å²) >= 11 is 11.8. The molecule has 0 unspecified atom stereocenters. The van der Waals surface area contributed by atoms with Crippen LogP contribution in [0.4, 0.5) is 0 Å². The molecule has 0 amide bonds. The lowest BCUT2D eigenvalue weighted by molar-refractivity contribution is -0.148. The second kappa shape index (κ2) is 5.81. The van der Waals surface area contributed by atoms with Crippen LogP contribution in [0.1, 0.15) is 13.8 Å². The van der Waals surface area contributed by atoms with E-state index in [0.717, 1.165) is 0 Å². The summed E-state index contributed by atoms with van der Waals surface area (Å²) in [5.41, 5.74) is -0.0327. The summed E-state index contributed by atoms with van der Waals surface area (Å²) in [6.45, 7) is 3.27. The fourth-order valence-electron chi connectivity index (χ4n) is 1.75. The van der Waals surface area contributed by atoms with Crippen molar-refractivity contribution in [2.45, 2.75) is 26.5 Å². The molecule has 0 bridgehead atoms. The van der Waals surface area contributed by atoms with Gasteiger partial charge in [-0.1, -0.05) is 23.2 Å². The van der Waals surface area contributed by atoms with Gasteiger partial charge in [-0.25, -0.2) is 4.98 Å². The number of carbonyl (C=O) groups excluding carboxylic acids is 1. The van der Waals surface area contributed by atoms with Gasteiger partial charge >= 0.3 is 5.97 Å². The van der Waals surface area contributed by atoms with Crippen molar-refractivity contribution in [2.24, 2.45) is 0 Å². The maximum absolute atomic E-state index is 12.3. The van der Waals surface area contributed by atoms with Gasteiger partial charge in [0.1, 0.15) is 6.54 Å². The predicted molar refractivity (Wildman–Crippen MR) is 77.3 cm³/mol. The largest absolute Gasteiger partial charge is 0.462 e. The van der Waals surface area contributed by atoms with Crippen molar-refractivity contribution in [3.63, 3.8) is 0 Å². The smallest absolute Gasteiger partial charge is 0.326 e. The lowest BCUT2D eigenvalue weighted by Crippen LogP contribution is -2.27. The number of esters is 1. The second-order valence-corrected chi connectivity index (χ2v) is 5.34. The van der Waals surface area contributed by atoms with Crippen molar-refractivity contribution in [2.75, 3.05) is 0 Å². The molecular weight excluding hydrogens is 303 g/mol. The summed E-state index contributed by atoms with van der Waals surface area (Å²) in [5.74, 6) is -0.503. The zero-order chi connectivity index (χ0) is 14.9. The minimum Gasteiger partial charge on any atom is -0.462 e. The lowest BCUT2D eigenvalue weighted by Gasteiger charge is -2.10. The quantitative estimate of drug-likeness (QED) is 0.817. The summed E-state index contributed by atoms with van der Waals surface area (Å²) in [7, 11) is 0. The molecular formula is C13H12Cl2N2O3. The van der Waals surface area contributed by atoms with E-state index in [1.165, 1.54) is 23.0 Å². The Kier molecular flexibility index (Phi) is 4.30. The van der Waals surface area contributed by atoms with Crippen molar-refractivity contribution in [1.82, 2.24) is 9.55 Å². The van der Waals surface area contributed by atoms with Crippen LogP contribution in [0, 0.1) is 0 Å². The maximum atomic E-state index is 12.3. The van der Waals surface area contributed by atoms with Crippen LogP contribution < -0.4 is 5.56 Å². The van der Waals surface area contributed by atoms with Gasteiger partial charge in [-0.2, -0.15) is 0 Å². The fourth-order valence-corrected chi connectivity index (χ4v) is 2.29. The molecule has 0 fully saturated rings. The highest BCUT2D eigenvalue weighted by molar-refractivity contribution is 6.38. The third kappa shape index (κ3) is 3.11. The predicted octanol–water partition coefficient (Wildman–Crippen LogP) is 2.65. The monoisotopic (exact) mass is 314 g/mol. The van der Waals surface area contributed by atoms with Crippen molar-refractivity contribution in [3.8, 4) is 0 Å². The van der Waals surface area contributed by atoms with Crippen molar-refractivity contribution in [3.05, 3.63) is 38.9 Å². The molecule has 1 aromatic heterocycles. The van der Waals surface area contributed by atoms with Crippen LogP contribution >= 0.6 is 23.2 Å². The number of carbonyl (C=O) groups is 1. The van der Waals surface area contributed by atoms with Crippen LogP contribution in [0.15, 0.2) is 23.3 Å². The van der Waals surface area contributed by atoms with Crippen molar-refractivity contribution < 1.29 is 9.53 Å². The first-order valence-corrected chi connectivity index (χ1v) is 6.67. The summed E-state index contributed by atoms with van der Waals surface area (Å²) in [6, 6.07) is 2.98. The Balaban J connectivity index is 2.44. The van der Waals surface area contributed by atoms with Gasteiger partial charge in [0.25, 0.3) is 5.56 Å². The number of aromatic nitrogens is 2. The van der Waals surface area contributed by atoms with Crippen LogP contribution in [-0.4, -0.2) is 21.6 Å². The molecule has 2 aromatic rings. The highest BCUT2D eigenvalue weighted by atomic mass is 35.5. The van der Waals surface area contributed by atoms with Gasteiger partial charge in [-0.05, 0) is 26.0 Å². The van der Waals surface area contributed by atoms with E-state index in [0.29, 0.717) is 15.6 Å². The van der Waals surface area contributed by atoms with Crippen LogP contribution in [0.2, 0.25) is 10.0 Å². The van der Waals surface area contributed by atoms with Crippen LogP contribution in [-0.2, 0) is 16.1 Å². The molecule has 5 nitrogen and oxygen atoms in total. The van der Waals surface area contributed by atoms with Gasteiger partial charge in [-0.15, -0.1) is 0 Å². The molecule has 0 atom stereocenters. The van der Waals surface area contributed by atoms with Gasteiger partial charge in [0.05, 0.1) is 28.4 Å². The standard InChI is InChI=1S/C13H12Cl2N2O3/c1-7(2)20-11(18)5-17-6-16-12-9(13(17)19)3-8(14)4-10(12)15/h3-4,6-7H,5H2,1-2H3. The van der Waals surface area contributed by atoms with E-state index in [2.05, 4.69) is 4.98 Å². The van der Waals surface area contributed by atoms with Gasteiger partial charge in [0.2, 0.25) is 0 Å². The third-order valence-corrected chi connectivity index (χ3v) is 3.02. The number of rotatable bonds is 3. The molecule has 1 heterocycles. The molecule has 0 saturated heterocycles. The molecule has 0 N–H and O–H groups in total. The number of halogens is 2. The number of benzene rings is 1. The number of ether oxygens (including phenoxy) is 1. The van der Waals surface area contributed by atoms with Gasteiger partial charge in [-0.3, -0.25) is 14.2 Å². The SMILES string of the molecule is CC(C)OC(=O)Cn1cnc2c(Cl)cc(Cl)cc2c1=O. The first-order valence-electron chi connectivity index (χ1n) is 5.92. The zero-order valence-electron chi connectivity index (χ0n) is 10.9. The van der Waals surface area contributed by atoms with E-state index < -0.39 is 5.97 Å². The normalized spacial score (nSPS) is 11.1. The average molecular weight is 315 g/mol. The van der Waals surface area contributed by atoms with E-state index in [1.807, 2.05) is 0 Å². The van der Waals surface area contributed by atoms with Crippen molar-refractivity contribution in [1.29, 1.82) is 0 Å². The number of hydrogen-bond acceptors (Lipinski definition) is 4. The second-order valence-electron chi connectivity index (χ2n) is 4.50. The van der Waals surface area contributed by atoms with Gasteiger partial charge in [0, 0.05) is 5.02 Å². The first kappa shape index (κ1) is 14.8. The number of hydrogen-bond donors (Lipinski definition) is 0. The summed E-state index contributed by atoms with van der Waals surface area (Å²) in [5, 5.41) is 0.896. The topological polar surface area (TPSA) is 61.2 Å². The fraction of sp³-hybridized carbons (Fsp3) is 0.308. The highest BCUT2D eigenvalue weighted by Crippen LogP contribution is 2.23. The minimum absolute atomic E-state index is 0.204. The average Bonchev–Trinajstić information content (AvgIpc) is 2.32. The Bertz CT molecular complexity index is 725. The Morgan fingerprint density at radius 3 is 2.75 bits per heavy atom. The van der Waals surface area contributed by atoms with E-state index in [1.54, 1.807) is 13.8 Å². The van der Waals surface area contributed by atoms with Gasteiger partial charge < -0.3 is 4.74 Å². The first-order chi connectivity index (χ1) is 9.38. The molecule has 0 aliphatic carbocycles. The Morgan fingerprint density at radius 2 is 2.10 bits per heavy atom. The molecule has 106 valence electrons. The number of fused-ring (bicyclic) bond motifs is 1. The molecule has 0 radical (unpaired) electrons. The van der Waals surface area contributed by atoms with Gasteiger partial charge in [0.15, 0.2) is 0 Å². The zero-order valence-corrected chi connectivity index (χ0v) is 12.4. The van der Waals surface area contributed by atoms with E-state index in [-0.39, 0.29) is 23.6 Å². The number of nitrogens with zero attached hydrogens (tertiary/aromatic N) is 2. The molecule has 20 heavy (non-hydrogen) atoms. The van der Waals surface area contributed by atoms with E-state index in [9.17, 15) is 9.59 Å². The molecule has 2 rings (SSSR count).